The summed E-state index contributed by atoms with van der Waals surface area (Å²) in [5.41, 5.74) is 6.98. The average molecular weight is 348 g/mol. The molecule has 0 aliphatic rings. The molecule has 0 spiro atoms. The molecule has 6 N–H and O–H groups in total. The van der Waals surface area contributed by atoms with E-state index in [4.69, 9.17) is 10.5 Å². The van der Waals surface area contributed by atoms with Gasteiger partial charge in [-0.2, -0.15) is 17.6 Å². The van der Waals surface area contributed by atoms with Crippen molar-refractivity contribution in [1.29, 1.82) is 5.41 Å². The van der Waals surface area contributed by atoms with Gasteiger partial charge in [0.1, 0.15) is 5.82 Å². The first kappa shape index (κ1) is 21.9. The van der Waals surface area contributed by atoms with Gasteiger partial charge in [0.25, 0.3) is 0 Å². The van der Waals surface area contributed by atoms with Gasteiger partial charge < -0.3 is 16.6 Å². The highest BCUT2D eigenvalue weighted by Gasteiger charge is 2.31. The molecule has 1 aromatic rings. The zero-order chi connectivity index (χ0) is 16.8. The highest BCUT2D eigenvalue weighted by Crippen LogP contribution is 2.30. The number of benzene rings is 1. The number of carboxylic acids is 1. The molecule has 22 heavy (non-hydrogen) atoms. The molecule has 0 saturated carbocycles. The van der Waals surface area contributed by atoms with Gasteiger partial charge in [-0.15, -0.1) is 12.4 Å². The molecule has 1 aromatic carbocycles. The summed E-state index contributed by atoms with van der Waals surface area (Å²) in [7, 11) is 0. The predicted octanol–water partition coefficient (Wildman–Crippen LogP) is 2.50. The van der Waals surface area contributed by atoms with Gasteiger partial charge in [-0.25, -0.2) is 9.18 Å². The number of carboxylic acid groups (broad SMARTS) is 1. The van der Waals surface area contributed by atoms with Crippen molar-refractivity contribution in [2.45, 2.75) is 6.18 Å². The molecular formula is C11H11ClF5N3O2. The molecule has 11 heteroatoms. The van der Waals surface area contributed by atoms with Gasteiger partial charge in [-0.3, -0.25) is 5.41 Å². The fraction of sp³-hybridized carbons (Fsp3) is 0.0909. The highest BCUT2D eigenvalue weighted by atomic mass is 35.5. The Bertz CT molecular complexity index is 571. The van der Waals surface area contributed by atoms with E-state index < -0.39 is 34.9 Å². The second-order valence-electron chi connectivity index (χ2n) is 3.49. The van der Waals surface area contributed by atoms with Gasteiger partial charge in [-0.05, 0) is 24.3 Å². The first-order chi connectivity index (χ1) is 9.45. The summed E-state index contributed by atoms with van der Waals surface area (Å²) in [6.07, 6.45) is -4.52. The fourth-order valence-corrected chi connectivity index (χ4v) is 1.03. The lowest BCUT2D eigenvalue weighted by atomic mass is 10.1. The van der Waals surface area contributed by atoms with Crippen molar-refractivity contribution in [3.63, 3.8) is 0 Å². The maximum absolute atomic E-state index is 13.0. The molecule has 0 aromatic heterocycles. The SMILES string of the molecule is Cl.N=C(N)N.O=C(O)/C(F)=C/c1cc(C(F)(F)F)ccc1F. The molecule has 0 aliphatic heterocycles. The van der Waals surface area contributed by atoms with Crippen molar-refractivity contribution in [3.05, 3.63) is 41.0 Å². The van der Waals surface area contributed by atoms with Crippen LogP contribution >= 0.6 is 12.4 Å². The number of hydrogen-bond donors (Lipinski definition) is 4. The van der Waals surface area contributed by atoms with Gasteiger partial charge in [0.15, 0.2) is 5.96 Å². The molecule has 124 valence electrons. The molecule has 0 radical (unpaired) electrons. The van der Waals surface area contributed by atoms with Crippen LogP contribution in [0.1, 0.15) is 11.1 Å². The first-order valence-electron chi connectivity index (χ1n) is 5.02. The summed E-state index contributed by atoms with van der Waals surface area (Å²) in [5, 5.41) is 14.2. The second-order valence-corrected chi connectivity index (χ2v) is 3.49. The minimum Gasteiger partial charge on any atom is -0.476 e. The standard InChI is InChI=1S/C10H5F5O2.CH5N3.ClH/c11-7-2-1-6(10(13,14)15)3-5(7)4-8(12)9(16)17;2-1(3)4;/h1-4H,(H,16,17);(H5,2,3,4);1H/b8-4-;;. The average Bonchev–Trinajstić information content (AvgIpc) is 2.29. The lowest BCUT2D eigenvalue weighted by Gasteiger charge is -2.07. The third kappa shape index (κ3) is 8.04. The predicted molar refractivity (Wildman–Crippen MR) is 71.5 cm³/mol. The van der Waals surface area contributed by atoms with Crippen LogP contribution in [0, 0.1) is 11.2 Å². The molecule has 0 fully saturated rings. The summed E-state index contributed by atoms with van der Waals surface area (Å²) >= 11 is 0. The molecule has 1 rings (SSSR count). The number of halogens is 6. The van der Waals surface area contributed by atoms with Gasteiger partial charge in [0.05, 0.1) is 5.56 Å². The van der Waals surface area contributed by atoms with Crippen molar-refractivity contribution in [3.8, 4) is 0 Å². The van der Waals surface area contributed by atoms with E-state index in [0.29, 0.717) is 18.2 Å². The van der Waals surface area contributed by atoms with Gasteiger partial charge >= 0.3 is 12.1 Å². The van der Waals surface area contributed by atoms with E-state index in [1.807, 2.05) is 0 Å². The van der Waals surface area contributed by atoms with Crippen LogP contribution in [0.5, 0.6) is 0 Å². The highest BCUT2D eigenvalue weighted by molar-refractivity contribution is 5.89. The van der Waals surface area contributed by atoms with E-state index in [1.54, 1.807) is 0 Å². The maximum Gasteiger partial charge on any atom is 0.416 e. The minimum absolute atomic E-state index is 0. The zero-order valence-electron chi connectivity index (χ0n) is 10.6. The number of hydrogen-bond acceptors (Lipinski definition) is 2. The molecule has 0 unspecified atom stereocenters. The Morgan fingerprint density at radius 2 is 1.73 bits per heavy atom. The van der Waals surface area contributed by atoms with Crippen molar-refractivity contribution in [2.75, 3.05) is 0 Å². The van der Waals surface area contributed by atoms with Crippen molar-refractivity contribution in [1.82, 2.24) is 0 Å². The minimum atomic E-state index is -4.71. The van der Waals surface area contributed by atoms with Crippen molar-refractivity contribution >= 4 is 30.4 Å². The third-order valence-electron chi connectivity index (χ3n) is 1.81. The Morgan fingerprint density at radius 1 is 1.27 bits per heavy atom. The van der Waals surface area contributed by atoms with Gasteiger partial charge in [0, 0.05) is 5.56 Å². The topological polar surface area (TPSA) is 113 Å². The second kappa shape index (κ2) is 8.82. The van der Waals surface area contributed by atoms with Gasteiger partial charge in [-0.1, -0.05) is 0 Å². The zero-order valence-corrected chi connectivity index (χ0v) is 11.4. The summed E-state index contributed by atoms with van der Waals surface area (Å²) in [6, 6.07) is 1.30. The Balaban J connectivity index is 0. The Hall–Kier alpha value is -2.36. The molecule has 0 aliphatic carbocycles. The number of nitrogens with one attached hydrogen (secondary N) is 1. The molecule has 0 bridgehead atoms. The van der Waals surface area contributed by atoms with Crippen LogP contribution in [0.15, 0.2) is 24.0 Å². The lowest BCUT2D eigenvalue weighted by molar-refractivity contribution is -0.137. The number of nitrogens with two attached hydrogens (primary N) is 2. The maximum atomic E-state index is 13.0. The van der Waals surface area contributed by atoms with E-state index in [1.165, 1.54) is 0 Å². The lowest BCUT2D eigenvalue weighted by Crippen LogP contribution is -2.20. The molecule has 0 atom stereocenters. The van der Waals surface area contributed by atoms with Crippen LogP contribution in [0.4, 0.5) is 22.0 Å². The molecule has 0 amide bonds. The van der Waals surface area contributed by atoms with Crippen LogP contribution in [-0.2, 0) is 11.0 Å². The Morgan fingerprint density at radius 3 is 2.09 bits per heavy atom. The van der Waals surface area contributed by atoms with Crippen LogP contribution in [0.25, 0.3) is 6.08 Å². The summed E-state index contributed by atoms with van der Waals surface area (Å²) < 4.78 is 62.4. The van der Waals surface area contributed by atoms with E-state index in [9.17, 15) is 26.7 Å². The molecule has 0 heterocycles. The summed E-state index contributed by atoms with van der Waals surface area (Å²) in [5.74, 6) is -5.21. The van der Waals surface area contributed by atoms with Gasteiger partial charge in [0.2, 0.25) is 5.83 Å². The number of rotatable bonds is 2. The van der Waals surface area contributed by atoms with Crippen LogP contribution in [0.3, 0.4) is 0 Å². The van der Waals surface area contributed by atoms with Crippen LogP contribution < -0.4 is 11.5 Å². The first-order valence-corrected chi connectivity index (χ1v) is 5.02. The van der Waals surface area contributed by atoms with Crippen molar-refractivity contribution < 1.29 is 31.9 Å². The van der Waals surface area contributed by atoms with Crippen molar-refractivity contribution in [2.24, 2.45) is 11.5 Å². The third-order valence-corrected chi connectivity index (χ3v) is 1.81. The largest absolute Gasteiger partial charge is 0.476 e. The number of alkyl halides is 3. The number of carbonyl (C=O) groups is 1. The van der Waals surface area contributed by atoms with E-state index >= 15 is 0 Å². The normalized spacial score (nSPS) is 10.9. The summed E-state index contributed by atoms with van der Waals surface area (Å²) in [4.78, 5) is 10.1. The fourth-order valence-electron chi connectivity index (χ4n) is 1.03. The molecule has 0 saturated heterocycles. The number of aliphatic carboxylic acids is 1. The van der Waals surface area contributed by atoms with E-state index in [0.717, 1.165) is 0 Å². The molecule has 5 nitrogen and oxygen atoms in total. The van der Waals surface area contributed by atoms with Crippen LogP contribution in [0.2, 0.25) is 0 Å². The van der Waals surface area contributed by atoms with E-state index in [2.05, 4.69) is 11.5 Å². The summed E-state index contributed by atoms with van der Waals surface area (Å²) in [6.45, 7) is 0. The molecular weight excluding hydrogens is 337 g/mol. The van der Waals surface area contributed by atoms with E-state index in [-0.39, 0.29) is 24.4 Å². The Labute approximate surface area is 127 Å². The smallest absolute Gasteiger partial charge is 0.416 e. The Kier molecular flexibility index (Phi) is 8.79. The monoisotopic (exact) mass is 347 g/mol. The quantitative estimate of drug-likeness (QED) is 0.285. The van der Waals surface area contributed by atoms with Crippen LogP contribution in [-0.4, -0.2) is 17.0 Å². The number of guanidine groups is 1.